The van der Waals surface area contributed by atoms with E-state index in [2.05, 4.69) is 40.7 Å². The minimum absolute atomic E-state index is 0.0504. The third-order valence-electron chi connectivity index (χ3n) is 6.23. The first-order chi connectivity index (χ1) is 15.1. The van der Waals surface area contributed by atoms with Crippen LogP contribution in [0.5, 0.6) is 5.75 Å². The molecule has 0 saturated carbocycles. The lowest BCUT2D eigenvalue weighted by molar-refractivity contribution is -0.384. The van der Waals surface area contributed by atoms with Crippen LogP contribution >= 0.6 is 11.6 Å². The summed E-state index contributed by atoms with van der Waals surface area (Å²) in [6, 6.07) is 6.25. The molecule has 1 aliphatic rings. The number of allylic oxidation sites excluding steroid dienone is 1. The van der Waals surface area contributed by atoms with E-state index in [1.54, 1.807) is 12.1 Å². The molecule has 1 aromatic carbocycles. The molecule has 1 aromatic rings. The number of nitrogens with zero attached hydrogens (tertiary/aromatic N) is 1. The van der Waals surface area contributed by atoms with E-state index in [0.717, 1.165) is 50.4 Å². The van der Waals surface area contributed by atoms with E-state index in [1.807, 2.05) is 0 Å². The van der Waals surface area contributed by atoms with Gasteiger partial charge < -0.3 is 14.0 Å². The first-order valence-corrected chi connectivity index (χ1v) is 12.2. The third-order valence-corrected chi connectivity index (χ3v) is 6.50. The average molecular weight is 466 g/mol. The molecule has 0 aliphatic carbocycles. The van der Waals surface area contributed by atoms with Crippen molar-refractivity contribution < 1.29 is 19.0 Å². The Morgan fingerprint density at radius 2 is 1.75 bits per heavy atom. The van der Waals surface area contributed by atoms with Gasteiger partial charge in [0.1, 0.15) is 11.9 Å². The van der Waals surface area contributed by atoms with E-state index in [1.165, 1.54) is 12.1 Å². The van der Waals surface area contributed by atoms with Crippen molar-refractivity contribution >= 4 is 24.4 Å². The van der Waals surface area contributed by atoms with Gasteiger partial charge in [0.15, 0.2) is 0 Å². The number of benzene rings is 1. The van der Waals surface area contributed by atoms with Crippen molar-refractivity contribution in [3.8, 4) is 5.75 Å². The Morgan fingerprint density at radius 1 is 1.12 bits per heavy atom. The number of alkyl halides is 1. The van der Waals surface area contributed by atoms with E-state index in [-0.39, 0.29) is 11.8 Å². The zero-order valence-electron chi connectivity index (χ0n) is 20.1. The van der Waals surface area contributed by atoms with Crippen LogP contribution < -0.4 is 4.74 Å². The standard InChI is InChI=1S/C24H37BClNO5/c1-6-7-8-12-22(30-21-15-13-20(14-16-21)27(28)29)18-19(11-9-10-17-26)25-31-23(2,3)24(4,5)32-25/h13-16,18,22H,6-12,17H2,1-5H3/b19-18+. The number of hydrogen-bond acceptors (Lipinski definition) is 5. The van der Waals surface area contributed by atoms with Gasteiger partial charge in [-0.3, -0.25) is 10.1 Å². The Hall–Kier alpha value is -1.57. The molecule has 178 valence electrons. The second-order valence-corrected chi connectivity index (χ2v) is 9.76. The fourth-order valence-corrected chi connectivity index (χ4v) is 3.72. The summed E-state index contributed by atoms with van der Waals surface area (Å²) in [7, 11) is -0.426. The molecule has 0 aromatic heterocycles. The number of ether oxygens (including phenoxy) is 1. The van der Waals surface area contributed by atoms with E-state index in [0.29, 0.717) is 11.6 Å². The van der Waals surface area contributed by atoms with Gasteiger partial charge in [0.05, 0.1) is 16.1 Å². The molecular weight excluding hydrogens is 429 g/mol. The van der Waals surface area contributed by atoms with Crippen LogP contribution in [0.2, 0.25) is 0 Å². The van der Waals surface area contributed by atoms with Gasteiger partial charge in [-0.2, -0.15) is 0 Å². The minimum atomic E-state index is -0.426. The molecule has 1 atom stereocenters. The average Bonchev–Trinajstić information content (AvgIpc) is 2.94. The summed E-state index contributed by atoms with van der Waals surface area (Å²) in [5, 5.41) is 10.9. The van der Waals surface area contributed by atoms with Crippen LogP contribution in [0.1, 0.15) is 79.6 Å². The lowest BCUT2D eigenvalue weighted by atomic mass is 9.74. The molecule has 8 heteroatoms. The number of nitro groups is 1. The zero-order valence-corrected chi connectivity index (χ0v) is 20.8. The third kappa shape index (κ3) is 7.50. The van der Waals surface area contributed by atoms with Crippen molar-refractivity contribution in [2.24, 2.45) is 0 Å². The van der Waals surface area contributed by atoms with Crippen LogP contribution in [-0.4, -0.2) is 35.2 Å². The smallest absolute Gasteiger partial charge is 0.486 e. The summed E-state index contributed by atoms with van der Waals surface area (Å²) in [5.74, 6) is 1.23. The first kappa shape index (κ1) is 26.7. The first-order valence-electron chi connectivity index (χ1n) is 11.6. The number of nitro benzene ring substituents is 1. The molecule has 1 saturated heterocycles. The van der Waals surface area contributed by atoms with Crippen molar-refractivity contribution in [1.29, 1.82) is 0 Å². The van der Waals surface area contributed by atoms with Crippen molar-refractivity contribution in [2.75, 3.05) is 5.88 Å². The fraction of sp³-hybridized carbons (Fsp3) is 0.667. The Bertz CT molecular complexity index is 750. The molecule has 0 bridgehead atoms. The number of hydrogen-bond donors (Lipinski definition) is 0. The summed E-state index contributed by atoms with van der Waals surface area (Å²) in [6.45, 7) is 10.4. The monoisotopic (exact) mass is 465 g/mol. The maximum absolute atomic E-state index is 10.9. The van der Waals surface area contributed by atoms with E-state index >= 15 is 0 Å². The van der Waals surface area contributed by atoms with Crippen molar-refractivity contribution in [3.63, 3.8) is 0 Å². The van der Waals surface area contributed by atoms with Gasteiger partial charge in [-0.25, -0.2) is 0 Å². The van der Waals surface area contributed by atoms with E-state index < -0.39 is 23.2 Å². The molecular formula is C24H37BClNO5. The van der Waals surface area contributed by atoms with Crippen LogP contribution in [0, 0.1) is 10.1 Å². The predicted molar refractivity (Wildman–Crippen MR) is 130 cm³/mol. The number of unbranched alkanes of at least 4 members (excludes halogenated alkanes) is 3. The highest BCUT2D eigenvalue weighted by Crippen LogP contribution is 2.39. The summed E-state index contributed by atoms with van der Waals surface area (Å²) in [6.07, 6.45) is 8.76. The Balaban J connectivity index is 2.26. The van der Waals surface area contributed by atoms with E-state index in [9.17, 15) is 10.1 Å². The summed E-state index contributed by atoms with van der Waals surface area (Å²) >= 11 is 5.91. The Kier molecular flexibility index (Phi) is 10.1. The zero-order chi connectivity index (χ0) is 23.8. The predicted octanol–water partition coefficient (Wildman–Crippen LogP) is 6.89. The second-order valence-electron chi connectivity index (χ2n) is 9.38. The van der Waals surface area contributed by atoms with Crippen LogP contribution in [0.4, 0.5) is 5.69 Å². The lowest BCUT2D eigenvalue weighted by Gasteiger charge is -2.32. The molecule has 32 heavy (non-hydrogen) atoms. The van der Waals surface area contributed by atoms with Crippen molar-refractivity contribution in [2.45, 2.75) is 96.9 Å². The summed E-state index contributed by atoms with van der Waals surface area (Å²) in [4.78, 5) is 10.5. The highest BCUT2D eigenvalue weighted by atomic mass is 35.5. The van der Waals surface area contributed by atoms with Gasteiger partial charge in [-0.15, -0.1) is 11.6 Å². The highest BCUT2D eigenvalue weighted by molar-refractivity contribution is 6.54. The van der Waals surface area contributed by atoms with Crippen LogP contribution in [0.3, 0.4) is 0 Å². The number of non-ortho nitro benzene ring substituents is 1. The Labute approximate surface area is 197 Å². The van der Waals surface area contributed by atoms with Gasteiger partial charge in [0.2, 0.25) is 0 Å². The SMILES string of the molecule is CCCCCC(/C=C(\CCCCCl)B1OC(C)(C)C(C)(C)O1)Oc1ccc([N+](=O)[O-])cc1. The van der Waals surface area contributed by atoms with Gasteiger partial charge in [-0.05, 0) is 83.5 Å². The molecule has 0 radical (unpaired) electrons. The van der Waals surface area contributed by atoms with Gasteiger partial charge in [0, 0.05) is 18.0 Å². The molecule has 0 N–H and O–H groups in total. The van der Waals surface area contributed by atoms with Crippen LogP contribution in [-0.2, 0) is 9.31 Å². The largest absolute Gasteiger partial charge is 0.490 e. The molecule has 6 nitrogen and oxygen atoms in total. The maximum atomic E-state index is 10.9. The number of halogens is 1. The van der Waals surface area contributed by atoms with Crippen molar-refractivity contribution in [1.82, 2.24) is 0 Å². The quantitative estimate of drug-likeness (QED) is 0.104. The normalized spacial score (nSPS) is 18.6. The van der Waals surface area contributed by atoms with Crippen LogP contribution in [0.15, 0.2) is 35.8 Å². The van der Waals surface area contributed by atoms with Gasteiger partial charge in [-0.1, -0.05) is 19.8 Å². The molecule has 0 spiro atoms. The number of rotatable bonds is 13. The summed E-state index contributed by atoms with van der Waals surface area (Å²) < 4.78 is 18.9. The molecule has 1 fully saturated rings. The topological polar surface area (TPSA) is 70.8 Å². The van der Waals surface area contributed by atoms with Crippen molar-refractivity contribution in [3.05, 3.63) is 45.9 Å². The molecule has 2 rings (SSSR count). The Morgan fingerprint density at radius 3 is 2.28 bits per heavy atom. The second kappa shape index (κ2) is 12.1. The molecule has 0 amide bonds. The summed E-state index contributed by atoms with van der Waals surface area (Å²) in [5.41, 5.74) is 0.284. The van der Waals surface area contributed by atoms with Gasteiger partial charge in [0.25, 0.3) is 5.69 Å². The highest BCUT2D eigenvalue weighted by Gasteiger charge is 2.52. The molecule has 1 heterocycles. The van der Waals surface area contributed by atoms with Gasteiger partial charge >= 0.3 is 7.12 Å². The minimum Gasteiger partial charge on any atom is -0.486 e. The van der Waals surface area contributed by atoms with Crippen LogP contribution in [0.25, 0.3) is 0 Å². The van der Waals surface area contributed by atoms with E-state index in [4.69, 9.17) is 25.6 Å². The lowest BCUT2D eigenvalue weighted by Crippen LogP contribution is -2.41. The fourth-order valence-electron chi connectivity index (χ4n) is 3.53. The molecule has 1 aliphatic heterocycles. The molecule has 1 unspecified atom stereocenters. The maximum Gasteiger partial charge on any atom is 0.490 e.